The van der Waals surface area contributed by atoms with E-state index in [-0.39, 0.29) is 0 Å². The van der Waals surface area contributed by atoms with Crippen LogP contribution in [0, 0.1) is 13.8 Å². The molecule has 0 unspecified atom stereocenters. The van der Waals surface area contributed by atoms with Gasteiger partial charge in [-0.2, -0.15) is 0 Å². The Morgan fingerprint density at radius 2 is 1.94 bits per heavy atom. The van der Waals surface area contributed by atoms with Gasteiger partial charge in [0.2, 0.25) is 0 Å². The van der Waals surface area contributed by atoms with Crippen LogP contribution < -0.4 is 5.32 Å². The van der Waals surface area contributed by atoms with Crippen molar-refractivity contribution in [1.29, 1.82) is 0 Å². The maximum Gasteiger partial charge on any atom is 0.0766 e. The molecular formula is C13H23NOS. The van der Waals surface area contributed by atoms with Gasteiger partial charge in [0.1, 0.15) is 0 Å². The smallest absolute Gasteiger partial charge is 0.0766 e. The van der Waals surface area contributed by atoms with Gasteiger partial charge >= 0.3 is 0 Å². The second-order valence-corrected chi connectivity index (χ2v) is 5.83. The second kappa shape index (κ2) is 5.80. The van der Waals surface area contributed by atoms with Crippen molar-refractivity contribution in [1.82, 2.24) is 5.32 Å². The number of rotatable bonds is 6. The van der Waals surface area contributed by atoms with Crippen molar-refractivity contribution in [2.45, 2.75) is 52.7 Å². The van der Waals surface area contributed by atoms with E-state index in [1.807, 2.05) is 25.2 Å². The third-order valence-electron chi connectivity index (χ3n) is 3.29. The van der Waals surface area contributed by atoms with Crippen molar-refractivity contribution in [3.63, 3.8) is 0 Å². The Hall–Kier alpha value is -0.380. The Balaban J connectivity index is 2.41. The van der Waals surface area contributed by atoms with Crippen molar-refractivity contribution in [3.8, 4) is 0 Å². The molecule has 0 aromatic carbocycles. The molecule has 0 saturated heterocycles. The summed E-state index contributed by atoms with van der Waals surface area (Å²) in [7, 11) is 0. The van der Waals surface area contributed by atoms with Crippen LogP contribution in [0.5, 0.6) is 0 Å². The molecule has 0 spiro atoms. The molecule has 2 N–H and O–H groups in total. The summed E-state index contributed by atoms with van der Waals surface area (Å²) in [6.45, 7) is 9.90. The third-order valence-corrected chi connectivity index (χ3v) is 4.44. The van der Waals surface area contributed by atoms with Crippen LogP contribution in [0.2, 0.25) is 0 Å². The summed E-state index contributed by atoms with van der Waals surface area (Å²) < 4.78 is 0. The van der Waals surface area contributed by atoms with Gasteiger partial charge in [0.05, 0.1) is 5.60 Å². The van der Waals surface area contributed by atoms with Crippen molar-refractivity contribution < 1.29 is 5.11 Å². The highest BCUT2D eigenvalue weighted by Crippen LogP contribution is 2.20. The molecule has 1 rings (SSSR count). The van der Waals surface area contributed by atoms with E-state index in [0.717, 1.165) is 19.4 Å². The molecule has 0 aliphatic rings. The van der Waals surface area contributed by atoms with E-state index in [1.165, 1.54) is 15.3 Å². The minimum absolute atomic E-state index is 0.540. The van der Waals surface area contributed by atoms with Crippen LogP contribution in [0.1, 0.15) is 42.0 Å². The van der Waals surface area contributed by atoms with E-state index in [0.29, 0.717) is 6.54 Å². The van der Waals surface area contributed by atoms with Gasteiger partial charge in [-0.1, -0.05) is 13.8 Å². The van der Waals surface area contributed by atoms with Gasteiger partial charge in [0.25, 0.3) is 0 Å². The first-order valence-electron chi connectivity index (χ1n) is 5.99. The van der Waals surface area contributed by atoms with Crippen LogP contribution in [-0.2, 0) is 6.54 Å². The summed E-state index contributed by atoms with van der Waals surface area (Å²) in [6.07, 6.45) is 1.61. The largest absolute Gasteiger partial charge is 0.389 e. The molecule has 16 heavy (non-hydrogen) atoms. The predicted molar refractivity (Wildman–Crippen MR) is 71.0 cm³/mol. The minimum Gasteiger partial charge on any atom is -0.389 e. The van der Waals surface area contributed by atoms with Crippen LogP contribution in [0.3, 0.4) is 0 Å². The van der Waals surface area contributed by atoms with Crippen LogP contribution in [0.15, 0.2) is 6.07 Å². The molecule has 0 amide bonds. The maximum atomic E-state index is 10.1. The van der Waals surface area contributed by atoms with Crippen molar-refractivity contribution in [3.05, 3.63) is 21.4 Å². The molecule has 92 valence electrons. The van der Waals surface area contributed by atoms with Crippen molar-refractivity contribution in [2.75, 3.05) is 6.54 Å². The van der Waals surface area contributed by atoms with Crippen LogP contribution in [0.25, 0.3) is 0 Å². The highest BCUT2D eigenvalue weighted by Gasteiger charge is 2.21. The normalized spacial score (nSPS) is 12.1. The molecule has 0 aliphatic carbocycles. The number of thiophene rings is 1. The minimum atomic E-state index is -0.540. The Morgan fingerprint density at radius 1 is 1.31 bits per heavy atom. The summed E-state index contributed by atoms with van der Waals surface area (Å²) in [6, 6.07) is 2.23. The standard InChI is InChI=1S/C13H23NOS/c1-5-13(15,6-2)9-14-8-12-7-10(3)11(4)16-12/h7,14-15H,5-6,8-9H2,1-4H3. The van der Waals surface area contributed by atoms with Gasteiger partial charge in [0.15, 0.2) is 0 Å². The molecule has 0 bridgehead atoms. The lowest BCUT2D eigenvalue weighted by atomic mass is 9.98. The molecule has 0 fully saturated rings. The van der Waals surface area contributed by atoms with Gasteiger partial charge in [-0.15, -0.1) is 11.3 Å². The lowest BCUT2D eigenvalue weighted by Crippen LogP contribution is -2.39. The van der Waals surface area contributed by atoms with Gasteiger partial charge in [-0.05, 0) is 38.3 Å². The fourth-order valence-corrected chi connectivity index (χ4v) is 2.68. The zero-order valence-corrected chi connectivity index (χ0v) is 11.6. The Kier molecular flexibility index (Phi) is 4.96. The van der Waals surface area contributed by atoms with Gasteiger partial charge in [0, 0.05) is 22.8 Å². The lowest BCUT2D eigenvalue weighted by molar-refractivity contribution is 0.0323. The van der Waals surface area contributed by atoms with Crippen molar-refractivity contribution >= 4 is 11.3 Å². The highest BCUT2D eigenvalue weighted by atomic mass is 32.1. The predicted octanol–water partition coefficient (Wildman–Crippen LogP) is 3.01. The van der Waals surface area contributed by atoms with Crippen LogP contribution in [-0.4, -0.2) is 17.3 Å². The average Bonchev–Trinajstić information content (AvgIpc) is 2.58. The fraction of sp³-hybridized carbons (Fsp3) is 0.692. The van der Waals surface area contributed by atoms with E-state index < -0.39 is 5.60 Å². The van der Waals surface area contributed by atoms with E-state index in [4.69, 9.17) is 0 Å². The quantitative estimate of drug-likeness (QED) is 0.802. The molecule has 1 aromatic heterocycles. The summed E-state index contributed by atoms with van der Waals surface area (Å²) >= 11 is 1.84. The fourth-order valence-electron chi connectivity index (χ4n) is 1.66. The van der Waals surface area contributed by atoms with Crippen molar-refractivity contribution in [2.24, 2.45) is 0 Å². The second-order valence-electron chi connectivity index (χ2n) is 4.49. The molecule has 1 heterocycles. The SMILES string of the molecule is CCC(O)(CC)CNCc1cc(C)c(C)s1. The third kappa shape index (κ3) is 3.58. The van der Waals surface area contributed by atoms with E-state index in [1.54, 1.807) is 0 Å². The first kappa shape index (κ1) is 13.7. The number of aryl methyl sites for hydroxylation is 2. The molecule has 3 heteroatoms. The molecule has 2 nitrogen and oxygen atoms in total. The number of hydrogen-bond acceptors (Lipinski definition) is 3. The molecule has 1 aromatic rings. The topological polar surface area (TPSA) is 32.3 Å². The molecule has 0 aliphatic heterocycles. The van der Waals surface area contributed by atoms with E-state index in [2.05, 4.69) is 25.2 Å². The zero-order chi connectivity index (χ0) is 12.2. The highest BCUT2D eigenvalue weighted by molar-refractivity contribution is 7.12. The molecule has 0 atom stereocenters. The van der Waals surface area contributed by atoms with Gasteiger partial charge < -0.3 is 10.4 Å². The maximum absolute atomic E-state index is 10.1. The summed E-state index contributed by atoms with van der Waals surface area (Å²) in [5.74, 6) is 0. The molecular weight excluding hydrogens is 218 g/mol. The summed E-state index contributed by atoms with van der Waals surface area (Å²) in [5.41, 5.74) is 0.824. The Morgan fingerprint density at radius 3 is 2.38 bits per heavy atom. The lowest BCUT2D eigenvalue weighted by Gasteiger charge is -2.25. The number of aliphatic hydroxyl groups is 1. The first-order chi connectivity index (χ1) is 7.50. The summed E-state index contributed by atoms with van der Waals surface area (Å²) in [4.78, 5) is 2.74. The van der Waals surface area contributed by atoms with Crippen LogP contribution >= 0.6 is 11.3 Å². The molecule has 0 radical (unpaired) electrons. The average molecular weight is 241 g/mol. The number of hydrogen-bond donors (Lipinski definition) is 2. The molecule has 0 saturated carbocycles. The first-order valence-corrected chi connectivity index (χ1v) is 6.81. The van der Waals surface area contributed by atoms with E-state index >= 15 is 0 Å². The van der Waals surface area contributed by atoms with Crippen LogP contribution in [0.4, 0.5) is 0 Å². The monoisotopic (exact) mass is 241 g/mol. The zero-order valence-electron chi connectivity index (χ0n) is 10.8. The van der Waals surface area contributed by atoms with Gasteiger partial charge in [-0.25, -0.2) is 0 Å². The Bertz CT molecular complexity index is 309. The van der Waals surface area contributed by atoms with E-state index in [9.17, 15) is 5.11 Å². The number of nitrogens with one attached hydrogen (secondary N) is 1. The summed E-state index contributed by atoms with van der Waals surface area (Å²) in [5, 5.41) is 13.5. The Labute approximate surface area is 103 Å². The van der Waals surface area contributed by atoms with Gasteiger partial charge in [-0.3, -0.25) is 0 Å².